The highest BCUT2D eigenvalue weighted by Gasteiger charge is 2.48. The van der Waals surface area contributed by atoms with Gasteiger partial charge >= 0.3 is 6.18 Å². The van der Waals surface area contributed by atoms with Crippen molar-refractivity contribution in [3.63, 3.8) is 0 Å². The molecule has 1 aromatic carbocycles. The highest BCUT2D eigenvalue weighted by molar-refractivity contribution is 6.06. The minimum absolute atomic E-state index is 0.0718. The maximum absolute atomic E-state index is 14.5. The van der Waals surface area contributed by atoms with Gasteiger partial charge in [0.25, 0.3) is 5.91 Å². The Bertz CT molecular complexity index is 1040. The molecule has 0 spiro atoms. The maximum Gasteiger partial charge on any atom is 0.416 e. The second kappa shape index (κ2) is 8.16. The van der Waals surface area contributed by atoms with Crippen molar-refractivity contribution in [3.8, 4) is 0 Å². The molecule has 6 nitrogen and oxygen atoms in total. The van der Waals surface area contributed by atoms with E-state index in [0.717, 1.165) is 17.0 Å². The normalized spacial score (nSPS) is 24.0. The van der Waals surface area contributed by atoms with E-state index in [0.29, 0.717) is 24.0 Å². The number of carbonyl (C=O) groups excluding carboxylic acids is 2. The molecule has 0 unspecified atom stereocenters. The molecule has 2 fully saturated rings. The lowest BCUT2D eigenvalue weighted by Crippen LogP contribution is -2.64. The quantitative estimate of drug-likeness (QED) is 0.726. The van der Waals surface area contributed by atoms with Crippen molar-refractivity contribution in [1.82, 2.24) is 9.88 Å². The number of alkyl halides is 3. The number of benzene rings is 1. The van der Waals surface area contributed by atoms with Gasteiger partial charge in [-0.25, -0.2) is 9.37 Å². The summed E-state index contributed by atoms with van der Waals surface area (Å²) in [5, 5.41) is 9.73. The van der Waals surface area contributed by atoms with E-state index in [-0.39, 0.29) is 18.3 Å². The number of piperazine rings is 1. The summed E-state index contributed by atoms with van der Waals surface area (Å²) >= 11 is 0. The highest BCUT2D eigenvalue weighted by Crippen LogP contribution is 2.37. The lowest BCUT2D eigenvalue weighted by Gasteiger charge is -2.47. The van der Waals surface area contributed by atoms with Crippen LogP contribution in [0.15, 0.2) is 36.5 Å². The molecule has 0 bridgehead atoms. The third-order valence-corrected chi connectivity index (χ3v) is 5.91. The molecule has 32 heavy (non-hydrogen) atoms. The number of aliphatic hydroxyl groups excluding tert-OH is 1. The Morgan fingerprint density at radius 3 is 2.38 bits per heavy atom. The SMILES string of the molecule is Cc1cnc(N2CC(=O)N(Cc3ccc(C(F)(F)F)cc3)[C@H](C3CC(O)C3)C2=O)c(F)c1. The van der Waals surface area contributed by atoms with Gasteiger partial charge in [-0.15, -0.1) is 0 Å². The fourth-order valence-electron chi connectivity index (χ4n) is 4.18. The van der Waals surface area contributed by atoms with Crippen LogP contribution in [-0.2, 0) is 22.3 Å². The summed E-state index contributed by atoms with van der Waals surface area (Å²) in [4.78, 5) is 32.6. The van der Waals surface area contributed by atoms with E-state index in [9.17, 15) is 32.3 Å². The average molecular weight is 451 g/mol. The Morgan fingerprint density at radius 1 is 1.16 bits per heavy atom. The first-order chi connectivity index (χ1) is 15.0. The third kappa shape index (κ3) is 4.19. The predicted molar refractivity (Wildman–Crippen MR) is 106 cm³/mol. The summed E-state index contributed by atoms with van der Waals surface area (Å²) < 4.78 is 53.0. The Kier molecular flexibility index (Phi) is 5.66. The summed E-state index contributed by atoms with van der Waals surface area (Å²) in [6.45, 7) is 1.14. The highest BCUT2D eigenvalue weighted by atomic mass is 19.4. The van der Waals surface area contributed by atoms with Crippen LogP contribution < -0.4 is 4.90 Å². The van der Waals surface area contributed by atoms with Gasteiger partial charge in [-0.05, 0) is 55.0 Å². The number of halogens is 4. The van der Waals surface area contributed by atoms with Crippen LogP contribution in [0.4, 0.5) is 23.4 Å². The molecule has 2 aromatic rings. The van der Waals surface area contributed by atoms with E-state index in [4.69, 9.17) is 0 Å². The fraction of sp³-hybridized carbons (Fsp3) is 0.409. The minimum atomic E-state index is -4.48. The Hall–Kier alpha value is -3.01. The molecule has 1 aliphatic carbocycles. The number of hydrogen-bond acceptors (Lipinski definition) is 4. The summed E-state index contributed by atoms with van der Waals surface area (Å²) in [6.07, 6.45) is -3.09. The fourth-order valence-corrected chi connectivity index (χ4v) is 4.18. The largest absolute Gasteiger partial charge is 0.416 e. The number of aryl methyl sites for hydroxylation is 1. The van der Waals surface area contributed by atoms with Crippen LogP contribution in [0.2, 0.25) is 0 Å². The second-order valence-corrected chi connectivity index (χ2v) is 8.29. The maximum atomic E-state index is 14.5. The lowest BCUT2D eigenvalue weighted by molar-refractivity contribution is -0.149. The van der Waals surface area contributed by atoms with E-state index in [2.05, 4.69) is 4.98 Å². The first kappa shape index (κ1) is 22.2. The molecule has 1 aliphatic heterocycles. The zero-order valence-corrected chi connectivity index (χ0v) is 17.1. The van der Waals surface area contributed by atoms with E-state index < -0.39 is 48.1 Å². The van der Waals surface area contributed by atoms with Crippen molar-refractivity contribution in [1.29, 1.82) is 0 Å². The number of rotatable bonds is 4. The van der Waals surface area contributed by atoms with Gasteiger partial charge in [0.05, 0.1) is 11.7 Å². The standard InChI is InChI=1S/C22H21F4N3O3/c1-12-6-17(23)20(27-9-12)29-11-18(31)28(19(21(29)32)14-7-16(30)8-14)10-13-2-4-15(5-3-13)22(24,25)26/h2-6,9,14,16,19,30H,7-8,10-11H2,1H3/t14?,16?,19-/m1/s1. The third-order valence-electron chi connectivity index (χ3n) is 5.91. The van der Waals surface area contributed by atoms with Gasteiger partial charge in [0.2, 0.25) is 5.91 Å². The topological polar surface area (TPSA) is 73.7 Å². The van der Waals surface area contributed by atoms with Crippen molar-refractivity contribution in [3.05, 3.63) is 59.0 Å². The predicted octanol–water partition coefficient (Wildman–Crippen LogP) is 3.06. The van der Waals surface area contributed by atoms with Gasteiger partial charge in [-0.3, -0.25) is 14.5 Å². The summed E-state index contributed by atoms with van der Waals surface area (Å²) in [5.41, 5.74) is 0.176. The van der Waals surface area contributed by atoms with Crippen molar-refractivity contribution in [2.45, 2.75) is 44.6 Å². The number of aliphatic hydroxyl groups is 1. The molecule has 10 heteroatoms. The number of anilines is 1. The van der Waals surface area contributed by atoms with E-state index in [1.165, 1.54) is 29.3 Å². The molecule has 1 aromatic heterocycles. The van der Waals surface area contributed by atoms with Gasteiger partial charge in [-0.2, -0.15) is 13.2 Å². The number of hydrogen-bond donors (Lipinski definition) is 1. The van der Waals surface area contributed by atoms with Crippen LogP contribution in [0, 0.1) is 18.7 Å². The van der Waals surface area contributed by atoms with E-state index >= 15 is 0 Å². The molecule has 2 aliphatic rings. The van der Waals surface area contributed by atoms with Crippen LogP contribution >= 0.6 is 0 Å². The van der Waals surface area contributed by atoms with Gasteiger partial charge in [0.1, 0.15) is 12.6 Å². The second-order valence-electron chi connectivity index (χ2n) is 8.29. The monoisotopic (exact) mass is 451 g/mol. The molecule has 2 amide bonds. The van der Waals surface area contributed by atoms with Crippen molar-refractivity contribution < 1.29 is 32.3 Å². The lowest BCUT2D eigenvalue weighted by atomic mass is 9.75. The minimum Gasteiger partial charge on any atom is -0.393 e. The first-order valence-electron chi connectivity index (χ1n) is 10.1. The molecule has 1 saturated carbocycles. The summed E-state index contributed by atoms with van der Waals surface area (Å²) in [6, 6.07) is 4.62. The first-order valence-corrected chi connectivity index (χ1v) is 10.1. The van der Waals surface area contributed by atoms with E-state index in [1.54, 1.807) is 6.92 Å². The molecule has 2 heterocycles. The molecular weight excluding hydrogens is 430 g/mol. The van der Waals surface area contributed by atoms with Crippen molar-refractivity contribution >= 4 is 17.6 Å². The van der Waals surface area contributed by atoms with Gasteiger partial charge in [0, 0.05) is 12.7 Å². The van der Waals surface area contributed by atoms with Crippen LogP contribution in [0.3, 0.4) is 0 Å². The van der Waals surface area contributed by atoms with Gasteiger partial charge in [0.15, 0.2) is 11.6 Å². The molecule has 1 atom stereocenters. The summed E-state index contributed by atoms with van der Waals surface area (Å²) in [7, 11) is 0. The van der Waals surface area contributed by atoms with E-state index in [1.807, 2.05) is 0 Å². The van der Waals surface area contributed by atoms with Gasteiger partial charge in [-0.1, -0.05) is 12.1 Å². The number of pyridine rings is 1. The Labute approximate surface area is 181 Å². The van der Waals surface area contributed by atoms with Crippen molar-refractivity contribution in [2.75, 3.05) is 11.4 Å². The Morgan fingerprint density at radius 2 is 1.81 bits per heavy atom. The van der Waals surface area contributed by atoms with Crippen LogP contribution in [0.25, 0.3) is 0 Å². The van der Waals surface area contributed by atoms with Gasteiger partial charge < -0.3 is 10.0 Å². The summed E-state index contributed by atoms with van der Waals surface area (Å²) in [5.74, 6) is -2.31. The Balaban J connectivity index is 1.62. The molecule has 1 saturated heterocycles. The molecule has 1 N–H and O–H groups in total. The zero-order chi connectivity index (χ0) is 23.2. The van der Waals surface area contributed by atoms with Crippen LogP contribution in [-0.4, -0.2) is 45.5 Å². The smallest absolute Gasteiger partial charge is 0.393 e. The molecule has 170 valence electrons. The number of carbonyl (C=O) groups is 2. The number of nitrogens with zero attached hydrogens (tertiary/aromatic N) is 3. The average Bonchev–Trinajstić information content (AvgIpc) is 2.69. The molecule has 0 radical (unpaired) electrons. The number of amides is 2. The van der Waals surface area contributed by atoms with Crippen molar-refractivity contribution in [2.24, 2.45) is 5.92 Å². The zero-order valence-electron chi connectivity index (χ0n) is 17.1. The molecule has 4 rings (SSSR count). The van der Waals surface area contributed by atoms with Crippen LogP contribution in [0.1, 0.15) is 29.5 Å². The molecular formula is C22H21F4N3O3. The number of aromatic nitrogens is 1. The van der Waals surface area contributed by atoms with Crippen LogP contribution in [0.5, 0.6) is 0 Å².